The van der Waals surface area contributed by atoms with E-state index in [-0.39, 0.29) is 17.7 Å². The highest BCUT2D eigenvalue weighted by Crippen LogP contribution is 2.27. The van der Waals surface area contributed by atoms with E-state index in [4.69, 9.17) is 11.6 Å². The average molecular weight is 375 g/mol. The molecular weight excluding hydrogens is 360 g/mol. The fraction of sp³-hybridized carbons (Fsp3) is 0.250. The molecule has 0 aliphatic carbocycles. The van der Waals surface area contributed by atoms with Crippen LogP contribution in [0.15, 0.2) is 40.9 Å². The summed E-state index contributed by atoms with van der Waals surface area (Å²) in [5.41, 5.74) is 1.20. The fourth-order valence-electron chi connectivity index (χ4n) is 2.24. The molecular formula is C16H15BrClF2N. The quantitative estimate of drug-likeness (QED) is 0.751. The van der Waals surface area contributed by atoms with Crippen molar-refractivity contribution in [3.05, 3.63) is 68.7 Å². The molecule has 0 saturated heterocycles. The molecule has 0 aromatic heterocycles. The van der Waals surface area contributed by atoms with E-state index in [1.54, 1.807) is 12.1 Å². The molecule has 2 rings (SSSR count). The van der Waals surface area contributed by atoms with Gasteiger partial charge in [-0.15, -0.1) is 0 Å². The second-order valence-electron chi connectivity index (χ2n) is 4.72. The molecule has 0 spiro atoms. The van der Waals surface area contributed by atoms with E-state index in [1.165, 1.54) is 24.3 Å². The van der Waals surface area contributed by atoms with Crippen LogP contribution in [0.3, 0.4) is 0 Å². The summed E-state index contributed by atoms with van der Waals surface area (Å²) in [6.07, 6.45) is 0.420. The van der Waals surface area contributed by atoms with Crippen molar-refractivity contribution in [1.29, 1.82) is 0 Å². The highest BCUT2D eigenvalue weighted by molar-refractivity contribution is 9.10. The maximum absolute atomic E-state index is 14.1. The normalized spacial score (nSPS) is 12.4. The first kappa shape index (κ1) is 16.4. The van der Waals surface area contributed by atoms with Crippen molar-refractivity contribution in [1.82, 2.24) is 5.32 Å². The van der Waals surface area contributed by atoms with Crippen molar-refractivity contribution < 1.29 is 8.78 Å². The van der Waals surface area contributed by atoms with Gasteiger partial charge < -0.3 is 5.32 Å². The standard InChI is InChI=1S/C16H15BrClF2N/c1-2-21-16(13-5-3-11(17)9-15(13)20)8-10-7-12(19)4-6-14(10)18/h3-7,9,16,21H,2,8H2,1H3. The number of hydrogen-bond acceptors (Lipinski definition) is 1. The highest BCUT2D eigenvalue weighted by Gasteiger charge is 2.17. The van der Waals surface area contributed by atoms with Crippen LogP contribution in [0.2, 0.25) is 5.02 Å². The minimum Gasteiger partial charge on any atom is -0.310 e. The summed E-state index contributed by atoms with van der Waals surface area (Å²) in [5.74, 6) is -0.649. The summed E-state index contributed by atoms with van der Waals surface area (Å²) in [6.45, 7) is 2.62. The third kappa shape index (κ3) is 4.25. The molecule has 2 aromatic carbocycles. The Morgan fingerprint density at radius 1 is 1.19 bits per heavy atom. The molecule has 0 heterocycles. The van der Waals surface area contributed by atoms with E-state index in [0.29, 0.717) is 33.6 Å². The Labute approximate surface area is 136 Å². The van der Waals surface area contributed by atoms with Gasteiger partial charge in [-0.25, -0.2) is 8.78 Å². The van der Waals surface area contributed by atoms with Crippen LogP contribution >= 0.6 is 27.5 Å². The van der Waals surface area contributed by atoms with E-state index in [9.17, 15) is 8.78 Å². The molecule has 0 aliphatic heterocycles. The van der Waals surface area contributed by atoms with Crippen LogP contribution in [0.4, 0.5) is 8.78 Å². The van der Waals surface area contributed by atoms with E-state index in [2.05, 4.69) is 21.2 Å². The topological polar surface area (TPSA) is 12.0 Å². The Morgan fingerprint density at radius 3 is 2.62 bits per heavy atom. The smallest absolute Gasteiger partial charge is 0.129 e. The predicted octanol–water partition coefficient (Wildman–Crippen LogP) is 5.27. The average Bonchev–Trinajstić information content (AvgIpc) is 2.42. The summed E-state index contributed by atoms with van der Waals surface area (Å²) in [4.78, 5) is 0. The molecule has 0 bridgehead atoms. The Hall–Kier alpha value is -0.970. The maximum Gasteiger partial charge on any atom is 0.129 e. The summed E-state index contributed by atoms with van der Waals surface area (Å²) in [5, 5.41) is 3.70. The lowest BCUT2D eigenvalue weighted by atomic mass is 9.98. The first-order valence-corrected chi connectivity index (χ1v) is 7.80. The van der Waals surface area contributed by atoms with Gasteiger partial charge in [0.05, 0.1) is 0 Å². The molecule has 0 fully saturated rings. The minimum atomic E-state index is -0.346. The molecule has 1 nitrogen and oxygen atoms in total. The Balaban J connectivity index is 2.32. The molecule has 0 amide bonds. The van der Waals surface area contributed by atoms with Gasteiger partial charge in [-0.3, -0.25) is 0 Å². The highest BCUT2D eigenvalue weighted by atomic mass is 79.9. The number of benzene rings is 2. The van der Waals surface area contributed by atoms with Crippen molar-refractivity contribution in [2.24, 2.45) is 0 Å². The van der Waals surface area contributed by atoms with Gasteiger partial charge in [-0.1, -0.05) is 40.5 Å². The van der Waals surface area contributed by atoms with Gasteiger partial charge in [0.2, 0.25) is 0 Å². The van der Waals surface area contributed by atoms with E-state index in [0.717, 1.165) is 0 Å². The predicted molar refractivity (Wildman–Crippen MR) is 85.6 cm³/mol. The zero-order valence-electron chi connectivity index (χ0n) is 11.5. The summed E-state index contributed by atoms with van der Waals surface area (Å²) >= 11 is 9.34. The van der Waals surface area contributed by atoms with Crippen molar-refractivity contribution in [3.8, 4) is 0 Å². The Morgan fingerprint density at radius 2 is 1.95 bits per heavy atom. The minimum absolute atomic E-state index is 0.262. The van der Waals surface area contributed by atoms with Crippen LogP contribution in [-0.2, 0) is 6.42 Å². The number of halogens is 4. The van der Waals surface area contributed by atoms with Crippen molar-refractivity contribution in [2.45, 2.75) is 19.4 Å². The lowest BCUT2D eigenvalue weighted by Gasteiger charge is -2.20. The first-order chi connectivity index (χ1) is 10.0. The number of nitrogens with one attached hydrogen (secondary N) is 1. The summed E-state index contributed by atoms with van der Waals surface area (Å²) in [6, 6.07) is 8.90. The maximum atomic E-state index is 14.1. The van der Waals surface area contributed by atoms with Gasteiger partial charge in [0.25, 0.3) is 0 Å². The molecule has 1 unspecified atom stereocenters. The van der Waals surface area contributed by atoms with Gasteiger partial charge in [0.15, 0.2) is 0 Å². The SMILES string of the molecule is CCNC(Cc1cc(F)ccc1Cl)c1ccc(Br)cc1F. The van der Waals surface area contributed by atoms with Gasteiger partial charge in [-0.05, 0) is 48.9 Å². The molecule has 5 heteroatoms. The summed E-state index contributed by atoms with van der Waals surface area (Å²) < 4.78 is 28.2. The number of hydrogen-bond donors (Lipinski definition) is 1. The van der Waals surface area contributed by atoms with Gasteiger partial charge >= 0.3 is 0 Å². The Bertz CT molecular complexity index is 634. The van der Waals surface area contributed by atoms with Crippen LogP contribution < -0.4 is 5.32 Å². The lowest BCUT2D eigenvalue weighted by molar-refractivity contribution is 0.508. The molecule has 21 heavy (non-hydrogen) atoms. The molecule has 0 saturated carbocycles. The van der Waals surface area contributed by atoms with Crippen LogP contribution in [0, 0.1) is 11.6 Å². The van der Waals surface area contributed by atoms with E-state index >= 15 is 0 Å². The van der Waals surface area contributed by atoms with Crippen LogP contribution in [-0.4, -0.2) is 6.54 Å². The molecule has 1 N–H and O–H groups in total. The largest absolute Gasteiger partial charge is 0.310 e. The number of rotatable bonds is 5. The summed E-state index contributed by atoms with van der Waals surface area (Å²) in [7, 11) is 0. The monoisotopic (exact) mass is 373 g/mol. The molecule has 0 aliphatic rings. The zero-order valence-corrected chi connectivity index (χ0v) is 13.8. The van der Waals surface area contributed by atoms with Gasteiger partial charge in [0.1, 0.15) is 11.6 Å². The third-order valence-corrected chi connectivity index (χ3v) is 4.08. The number of likely N-dealkylation sites (N-methyl/N-ethyl adjacent to an activating group) is 1. The second-order valence-corrected chi connectivity index (χ2v) is 6.04. The first-order valence-electron chi connectivity index (χ1n) is 6.63. The molecule has 0 radical (unpaired) electrons. The molecule has 1 atom stereocenters. The lowest BCUT2D eigenvalue weighted by Crippen LogP contribution is -2.24. The van der Waals surface area contributed by atoms with Crippen molar-refractivity contribution >= 4 is 27.5 Å². The van der Waals surface area contributed by atoms with E-state index in [1.807, 2.05) is 6.92 Å². The fourth-order valence-corrected chi connectivity index (χ4v) is 2.77. The van der Waals surface area contributed by atoms with Crippen LogP contribution in [0.25, 0.3) is 0 Å². The van der Waals surface area contributed by atoms with Gasteiger partial charge in [-0.2, -0.15) is 0 Å². The molecule has 2 aromatic rings. The van der Waals surface area contributed by atoms with Gasteiger partial charge in [0, 0.05) is 21.1 Å². The second kappa shape index (κ2) is 7.34. The zero-order chi connectivity index (χ0) is 15.4. The van der Waals surface area contributed by atoms with Crippen molar-refractivity contribution in [3.63, 3.8) is 0 Å². The van der Waals surface area contributed by atoms with Crippen LogP contribution in [0.1, 0.15) is 24.1 Å². The third-order valence-electron chi connectivity index (χ3n) is 3.22. The van der Waals surface area contributed by atoms with Crippen molar-refractivity contribution in [2.75, 3.05) is 6.54 Å². The Kier molecular flexibility index (Phi) is 5.73. The van der Waals surface area contributed by atoms with Crippen LogP contribution in [0.5, 0.6) is 0 Å². The molecule has 112 valence electrons. The van der Waals surface area contributed by atoms with E-state index < -0.39 is 0 Å².